The van der Waals surface area contributed by atoms with Gasteiger partial charge >= 0.3 is 6.29 Å². The van der Waals surface area contributed by atoms with Crippen molar-refractivity contribution in [3.05, 3.63) is 24.3 Å². The molecule has 0 unspecified atom stereocenters. The van der Waals surface area contributed by atoms with Gasteiger partial charge in [0, 0.05) is 0 Å². The Bertz CT molecular complexity index is 287. The highest BCUT2D eigenvalue weighted by Crippen LogP contribution is 2.33. The van der Waals surface area contributed by atoms with Gasteiger partial charge in [-0.25, -0.2) is 0 Å². The van der Waals surface area contributed by atoms with E-state index in [-0.39, 0.29) is 0 Å². The minimum absolute atomic E-state index is 0.549. The zero-order valence-corrected chi connectivity index (χ0v) is 5.78. The van der Waals surface area contributed by atoms with Crippen LogP contribution in [0.4, 0.5) is 0 Å². The zero-order chi connectivity index (χ0) is 7.68. The summed E-state index contributed by atoms with van der Waals surface area (Å²) in [4.78, 5) is 0. The molecule has 0 bridgehead atoms. The molecule has 0 N–H and O–H groups in total. The third kappa shape index (κ3) is 0.908. The summed E-state index contributed by atoms with van der Waals surface area (Å²) >= 11 is 0. The van der Waals surface area contributed by atoms with Crippen molar-refractivity contribution in [1.29, 1.82) is 0 Å². The van der Waals surface area contributed by atoms with Gasteiger partial charge in [0.05, 0.1) is 0 Å². The van der Waals surface area contributed by atoms with Crippen molar-refractivity contribution in [2.75, 3.05) is 0 Å². The van der Waals surface area contributed by atoms with Crippen LogP contribution in [0.25, 0.3) is 0 Å². The normalized spacial score (nSPS) is 14.5. The highest BCUT2D eigenvalue weighted by Gasteiger charge is 2.20. The van der Waals surface area contributed by atoms with Crippen molar-refractivity contribution in [2.24, 2.45) is 0 Å². The number of benzene rings is 1. The molecule has 0 aromatic heterocycles. The van der Waals surface area contributed by atoms with E-state index in [1.165, 1.54) is 0 Å². The molecule has 1 aromatic rings. The van der Waals surface area contributed by atoms with Crippen LogP contribution in [0, 0.1) is 12.3 Å². The minimum Gasteiger partial charge on any atom is -0.440 e. The van der Waals surface area contributed by atoms with Crippen LogP contribution in [-0.2, 0) is 0 Å². The summed E-state index contributed by atoms with van der Waals surface area (Å²) in [6, 6.07) is 7.40. The van der Waals surface area contributed by atoms with Crippen molar-refractivity contribution in [2.45, 2.75) is 6.29 Å². The van der Waals surface area contributed by atoms with Crippen molar-refractivity contribution in [3.8, 4) is 23.8 Å². The molecule has 2 rings (SSSR count). The van der Waals surface area contributed by atoms with Crippen LogP contribution in [0.1, 0.15) is 0 Å². The second-order valence-electron chi connectivity index (χ2n) is 2.18. The Morgan fingerprint density at radius 3 is 2.18 bits per heavy atom. The fraction of sp³-hybridized carbons (Fsp3) is 0.111. The molecule has 0 aliphatic carbocycles. The summed E-state index contributed by atoms with van der Waals surface area (Å²) < 4.78 is 10.4. The van der Waals surface area contributed by atoms with Gasteiger partial charge in [-0.15, -0.1) is 6.42 Å². The maximum Gasteiger partial charge on any atom is 0.306 e. The van der Waals surface area contributed by atoms with E-state index >= 15 is 0 Å². The first-order valence-corrected chi connectivity index (χ1v) is 3.28. The summed E-state index contributed by atoms with van der Waals surface area (Å²) in [6.45, 7) is 0. The van der Waals surface area contributed by atoms with Crippen LogP contribution >= 0.6 is 0 Å². The average Bonchev–Trinajstić information content (AvgIpc) is 2.46. The molecule has 0 saturated carbocycles. The van der Waals surface area contributed by atoms with Gasteiger partial charge in [-0.1, -0.05) is 12.1 Å². The number of terminal acetylenes is 1. The standard InChI is InChI=1S/C9H6O2/c1-2-9-10-7-5-3-4-6-8(7)11-9/h1,3-6,9H. The van der Waals surface area contributed by atoms with Gasteiger partial charge in [-0.3, -0.25) is 0 Å². The number of rotatable bonds is 0. The highest BCUT2D eigenvalue weighted by molar-refractivity contribution is 5.42. The number of hydrogen-bond donors (Lipinski definition) is 0. The topological polar surface area (TPSA) is 18.5 Å². The molecule has 0 atom stereocenters. The molecule has 0 saturated heterocycles. The average molecular weight is 146 g/mol. The molecule has 0 spiro atoms. The minimum atomic E-state index is -0.549. The number of hydrogen-bond acceptors (Lipinski definition) is 2. The summed E-state index contributed by atoms with van der Waals surface area (Å²) in [7, 11) is 0. The van der Waals surface area contributed by atoms with Gasteiger partial charge in [0.15, 0.2) is 11.5 Å². The van der Waals surface area contributed by atoms with Crippen molar-refractivity contribution in [3.63, 3.8) is 0 Å². The van der Waals surface area contributed by atoms with Crippen molar-refractivity contribution in [1.82, 2.24) is 0 Å². The van der Waals surface area contributed by atoms with E-state index in [1.54, 1.807) is 0 Å². The van der Waals surface area contributed by atoms with Crippen molar-refractivity contribution < 1.29 is 9.47 Å². The smallest absolute Gasteiger partial charge is 0.306 e. The fourth-order valence-electron chi connectivity index (χ4n) is 0.968. The number of fused-ring (bicyclic) bond motifs is 1. The molecule has 54 valence electrons. The molecule has 1 aliphatic heterocycles. The van der Waals surface area contributed by atoms with Crippen LogP contribution < -0.4 is 9.47 Å². The molecular formula is C9H6O2. The van der Waals surface area contributed by atoms with E-state index in [0.29, 0.717) is 0 Å². The van der Waals surface area contributed by atoms with E-state index in [2.05, 4.69) is 5.92 Å². The number of ether oxygens (including phenoxy) is 2. The number of para-hydroxylation sites is 2. The Labute approximate surface area is 64.7 Å². The maximum absolute atomic E-state index is 5.20. The molecule has 11 heavy (non-hydrogen) atoms. The van der Waals surface area contributed by atoms with E-state index in [0.717, 1.165) is 11.5 Å². The second kappa shape index (κ2) is 2.21. The first kappa shape index (κ1) is 6.11. The maximum atomic E-state index is 5.20. The third-order valence-corrected chi connectivity index (χ3v) is 1.45. The Hall–Kier alpha value is -1.62. The highest BCUT2D eigenvalue weighted by atomic mass is 16.7. The summed E-state index contributed by atoms with van der Waals surface area (Å²) in [5.41, 5.74) is 0. The Balaban J connectivity index is 2.35. The van der Waals surface area contributed by atoms with Gasteiger partial charge < -0.3 is 9.47 Å². The van der Waals surface area contributed by atoms with Crippen molar-refractivity contribution >= 4 is 0 Å². The lowest BCUT2D eigenvalue weighted by Crippen LogP contribution is -2.14. The fourth-order valence-corrected chi connectivity index (χ4v) is 0.968. The van der Waals surface area contributed by atoms with Gasteiger partial charge in [0.1, 0.15) is 0 Å². The molecule has 1 heterocycles. The van der Waals surface area contributed by atoms with E-state index in [1.807, 2.05) is 24.3 Å². The first-order chi connectivity index (χ1) is 5.40. The Kier molecular flexibility index (Phi) is 1.23. The quantitative estimate of drug-likeness (QED) is 0.515. The summed E-state index contributed by atoms with van der Waals surface area (Å²) in [5.74, 6) is 3.80. The lowest BCUT2D eigenvalue weighted by molar-refractivity contribution is 0.104. The summed E-state index contributed by atoms with van der Waals surface area (Å²) in [5, 5.41) is 0. The van der Waals surface area contributed by atoms with Crippen LogP contribution in [0.15, 0.2) is 24.3 Å². The van der Waals surface area contributed by atoms with Crippen LogP contribution in [0.2, 0.25) is 0 Å². The lowest BCUT2D eigenvalue weighted by atomic mass is 10.3. The first-order valence-electron chi connectivity index (χ1n) is 3.28. The molecule has 0 amide bonds. The van der Waals surface area contributed by atoms with Gasteiger partial charge in [0.25, 0.3) is 0 Å². The summed E-state index contributed by atoms with van der Waals surface area (Å²) in [6.07, 6.45) is 4.56. The lowest BCUT2D eigenvalue weighted by Gasteiger charge is -1.98. The van der Waals surface area contributed by atoms with Crippen LogP contribution in [-0.4, -0.2) is 6.29 Å². The zero-order valence-electron chi connectivity index (χ0n) is 5.78. The Morgan fingerprint density at radius 1 is 1.18 bits per heavy atom. The predicted octanol–water partition coefficient (Wildman–Crippen LogP) is 1.42. The van der Waals surface area contributed by atoms with Gasteiger partial charge in [-0.2, -0.15) is 0 Å². The third-order valence-electron chi connectivity index (χ3n) is 1.45. The second-order valence-corrected chi connectivity index (χ2v) is 2.18. The molecule has 2 nitrogen and oxygen atoms in total. The van der Waals surface area contributed by atoms with E-state index in [4.69, 9.17) is 15.9 Å². The molecule has 0 fully saturated rings. The molecule has 1 aliphatic rings. The van der Waals surface area contributed by atoms with Crippen LogP contribution in [0.5, 0.6) is 11.5 Å². The van der Waals surface area contributed by atoms with E-state index in [9.17, 15) is 0 Å². The largest absolute Gasteiger partial charge is 0.440 e. The van der Waals surface area contributed by atoms with Gasteiger partial charge in [-0.05, 0) is 18.1 Å². The molecule has 0 radical (unpaired) electrons. The SMILES string of the molecule is C#CC1Oc2ccccc2O1. The van der Waals surface area contributed by atoms with Crippen LogP contribution in [0.3, 0.4) is 0 Å². The molecular weight excluding hydrogens is 140 g/mol. The molecule has 2 heteroatoms. The molecule has 1 aromatic carbocycles. The monoisotopic (exact) mass is 146 g/mol. The Morgan fingerprint density at radius 2 is 1.73 bits per heavy atom. The van der Waals surface area contributed by atoms with Gasteiger partial charge in [0.2, 0.25) is 0 Å². The predicted molar refractivity (Wildman–Crippen MR) is 40.3 cm³/mol. The van der Waals surface area contributed by atoms with E-state index < -0.39 is 6.29 Å².